The van der Waals surface area contributed by atoms with E-state index >= 15 is 0 Å². The van der Waals surface area contributed by atoms with Crippen molar-refractivity contribution in [1.82, 2.24) is 0 Å². The molecule has 0 nitrogen and oxygen atoms in total. The first-order valence-corrected chi connectivity index (χ1v) is 5.54. The van der Waals surface area contributed by atoms with Crippen molar-refractivity contribution in [1.29, 1.82) is 0 Å². The van der Waals surface area contributed by atoms with E-state index in [1.165, 1.54) is 38.5 Å². The summed E-state index contributed by atoms with van der Waals surface area (Å²) in [5.74, 6) is 0. The molecule has 0 atom stereocenters. The van der Waals surface area contributed by atoms with Gasteiger partial charge in [-0.3, -0.25) is 0 Å². The van der Waals surface area contributed by atoms with Crippen molar-refractivity contribution in [2.24, 2.45) is 10.8 Å². The van der Waals surface area contributed by atoms with Gasteiger partial charge in [0, 0.05) is 0 Å². The summed E-state index contributed by atoms with van der Waals surface area (Å²) in [4.78, 5) is 0. The molecule has 0 aliphatic heterocycles. The lowest BCUT2D eigenvalue weighted by molar-refractivity contribution is 0.551. The summed E-state index contributed by atoms with van der Waals surface area (Å²) in [7, 11) is 0. The van der Waals surface area contributed by atoms with Crippen LogP contribution in [0.4, 0.5) is 0 Å². The van der Waals surface area contributed by atoms with Crippen LogP contribution in [-0.4, -0.2) is 0 Å². The highest BCUT2D eigenvalue weighted by Crippen LogP contribution is 2.48. The Morgan fingerprint density at radius 2 is 1.00 bits per heavy atom. The Morgan fingerprint density at radius 3 is 1.00 bits per heavy atom. The van der Waals surface area contributed by atoms with Gasteiger partial charge in [0.1, 0.15) is 0 Å². The quantitative estimate of drug-likeness (QED) is 0.573. The number of hydrogen-bond acceptors (Lipinski definition) is 0. The zero-order valence-corrected chi connectivity index (χ0v) is 9.24. The molecule has 0 spiro atoms. The van der Waals surface area contributed by atoms with E-state index in [1.54, 1.807) is 0 Å². The largest absolute Gasteiger partial charge is 0.0649 e. The van der Waals surface area contributed by atoms with Crippen LogP contribution < -0.4 is 0 Å². The average Bonchev–Trinajstić information content (AvgIpc) is 2.95. The molecule has 0 aromatic carbocycles. The maximum Gasteiger partial charge on any atom is -0.0328 e. The molecule has 2 aliphatic rings. The predicted molar refractivity (Wildman–Crippen MR) is 55.3 cm³/mol. The minimum atomic E-state index is 0.792. The van der Waals surface area contributed by atoms with E-state index in [4.69, 9.17) is 0 Å². The van der Waals surface area contributed by atoms with Gasteiger partial charge in [0.25, 0.3) is 0 Å². The Bertz CT molecular complexity index is 120. The second-order valence-corrected chi connectivity index (χ2v) is 5.33. The second kappa shape index (κ2) is 3.40. The van der Waals surface area contributed by atoms with Gasteiger partial charge < -0.3 is 0 Å². The van der Waals surface area contributed by atoms with E-state index in [2.05, 4.69) is 27.7 Å². The molecule has 2 rings (SSSR count). The van der Waals surface area contributed by atoms with Gasteiger partial charge in [-0.25, -0.2) is 0 Å². The maximum atomic E-state index is 2.35. The molecule has 0 N–H and O–H groups in total. The maximum absolute atomic E-state index is 2.35. The summed E-state index contributed by atoms with van der Waals surface area (Å²) in [6.07, 6.45) is 8.67. The summed E-state index contributed by atoms with van der Waals surface area (Å²) >= 11 is 0. The van der Waals surface area contributed by atoms with Crippen LogP contribution in [0.1, 0.15) is 66.2 Å². The van der Waals surface area contributed by atoms with Crippen molar-refractivity contribution in [3.8, 4) is 0 Å². The summed E-state index contributed by atoms with van der Waals surface area (Å²) in [6.45, 7) is 9.25. The minimum absolute atomic E-state index is 0.792. The molecule has 2 fully saturated rings. The fourth-order valence-corrected chi connectivity index (χ4v) is 1.13. The monoisotopic (exact) mass is 168 g/mol. The predicted octanol–water partition coefficient (Wildman–Crippen LogP) is 4.39. The smallest absolute Gasteiger partial charge is 0.0328 e. The van der Waals surface area contributed by atoms with Gasteiger partial charge in [0.05, 0.1) is 0 Å². The molecule has 2 saturated carbocycles. The van der Waals surface area contributed by atoms with Crippen LogP contribution in [-0.2, 0) is 0 Å². The Morgan fingerprint density at radius 1 is 0.750 bits per heavy atom. The fourth-order valence-electron chi connectivity index (χ4n) is 1.13. The summed E-state index contributed by atoms with van der Waals surface area (Å²) in [6, 6.07) is 0. The lowest BCUT2D eigenvalue weighted by Gasteiger charge is -1.96. The van der Waals surface area contributed by atoms with E-state index < -0.39 is 0 Å². The van der Waals surface area contributed by atoms with Crippen LogP contribution in [0, 0.1) is 10.8 Å². The van der Waals surface area contributed by atoms with Crippen molar-refractivity contribution in [3.05, 3.63) is 0 Å². The lowest BCUT2D eigenvalue weighted by Crippen LogP contribution is -1.84. The van der Waals surface area contributed by atoms with Crippen molar-refractivity contribution in [2.75, 3.05) is 0 Å². The molecular weight excluding hydrogens is 144 g/mol. The molecule has 0 aromatic heterocycles. The first kappa shape index (κ1) is 10.1. The van der Waals surface area contributed by atoms with Crippen LogP contribution >= 0.6 is 0 Å². The zero-order chi connectivity index (χ0) is 9.24. The van der Waals surface area contributed by atoms with E-state index in [-0.39, 0.29) is 0 Å². The lowest BCUT2D eigenvalue weighted by atomic mass is 10.1. The van der Waals surface area contributed by atoms with Crippen LogP contribution in [0.5, 0.6) is 0 Å². The van der Waals surface area contributed by atoms with E-state index in [0.29, 0.717) is 0 Å². The summed E-state index contributed by atoms with van der Waals surface area (Å²) < 4.78 is 0. The molecule has 0 radical (unpaired) electrons. The Balaban J connectivity index is 0.000000120. The van der Waals surface area contributed by atoms with Gasteiger partial charge >= 0.3 is 0 Å². The molecule has 0 heteroatoms. The molecule has 0 aromatic rings. The molecule has 2 aliphatic carbocycles. The average molecular weight is 168 g/mol. The summed E-state index contributed by atoms with van der Waals surface area (Å²) in [5, 5.41) is 0. The zero-order valence-electron chi connectivity index (χ0n) is 9.24. The molecule has 12 heavy (non-hydrogen) atoms. The van der Waals surface area contributed by atoms with Crippen LogP contribution in [0.2, 0.25) is 0 Å². The van der Waals surface area contributed by atoms with Crippen LogP contribution in [0.25, 0.3) is 0 Å². The third-order valence-corrected chi connectivity index (χ3v) is 3.91. The minimum Gasteiger partial charge on any atom is -0.0649 e. The van der Waals surface area contributed by atoms with Gasteiger partial charge in [0.2, 0.25) is 0 Å². The van der Waals surface area contributed by atoms with Crippen molar-refractivity contribution >= 4 is 0 Å². The first-order valence-electron chi connectivity index (χ1n) is 5.54. The Kier molecular flexibility index (Phi) is 2.85. The number of rotatable bonds is 2. The van der Waals surface area contributed by atoms with Crippen molar-refractivity contribution in [3.63, 3.8) is 0 Å². The van der Waals surface area contributed by atoms with Crippen molar-refractivity contribution in [2.45, 2.75) is 66.2 Å². The van der Waals surface area contributed by atoms with Gasteiger partial charge in [0.15, 0.2) is 0 Å². The van der Waals surface area contributed by atoms with Crippen LogP contribution in [0.15, 0.2) is 0 Å². The molecule has 0 unspecified atom stereocenters. The third kappa shape index (κ3) is 3.16. The van der Waals surface area contributed by atoms with Gasteiger partial charge in [-0.05, 0) is 36.5 Å². The second-order valence-electron chi connectivity index (χ2n) is 5.33. The third-order valence-electron chi connectivity index (χ3n) is 3.91. The first-order chi connectivity index (χ1) is 5.54. The highest BCUT2D eigenvalue weighted by atomic mass is 14.4. The highest BCUT2D eigenvalue weighted by Gasteiger charge is 2.34. The standard InChI is InChI=1S/2C6H12/c2*1-3-6(2)4-5-6/h2*3-5H2,1-2H3. The van der Waals surface area contributed by atoms with E-state index in [1.807, 2.05) is 0 Å². The normalized spacial score (nSPS) is 27.0. The highest BCUT2D eigenvalue weighted by molar-refractivity contribution is 4.86. The topological polar surface area (TPSA) is 0 Å². The molecule has 0 saturated heterocycles. The Labute approximate surface area is 77.7 Å². The Hall–Kier alpha value is 0. The molecule has 72 valence electrons. The van der Waals surface area contributed by atoms with Crippen LogP contribution in [0.3, 0.4) is 0 Å². The molecule has 0 amide bonds. The van der Waals surface area contributed by atoms with Gasteiger partial charge in [-0.15, -0.1) is 0 Å². The van der Waals surface area contributed by atoms with Gasteiger partial charge in [-0.2, -0.15) is 0 Å². The van der Waals surface area contributed by atoms with E-state index in [9.17, 15) is 0 Å². The van der Waals surface area contributed by atoms with E-state index in [0.717, 1.165) is 10.8 Å². The molecular formula is C12H24. The van der Waals surface area contributed by atoms with Crippen molar-refractivity contribution < 1.29 is 0 Å². The molecule has 0 bridgehead atoms. The molecule has 0 heterocycles. The summed E-state index contributed by atoms with van der Waals surface area (Å²) in [5.41, 5.74) is 1.58. The number of hydrogen-bond donors (Lipinski definition) is 0. The van der Waals surface area contributed by atoms with Gasteiger partial charge in [-0.1, -0.05) is 40.5 Å². The fraction of sp³-hybridized carbons (Fsp3) is 1.00. The SMILES string of the molecule is CCC1(C)CC1.CCC1(C)CC1.